The number of halogens is 1. The minimum atomic E-state index is -0.958. The van der Waals surface area contributed by atoms with E-state index < -0.39 is 12.2 Å². The molecule has 3 nitrogen and oxygen atoms in total. The predicted molar refractivity (Wildman–Crippen MR) is 71.4 cm³/mol. The monoisotopic (exact) mass is 263 g/mol. The molecule has 1 heterocycles. The first-order valence-electron chi connectivity index (χ1n) is 5.66. The second kappa shape index (κ2) is 5.96. The number of hydrogen-bond acceptors (Lipinski definition) is 3. The van der Waals surface area contributed by atoms with E-state index in [-0.39, 0.29) is 5.88 Å². The highest BCUT2D eigenvalue weighted by Gasteiger charge is 2.16. The van der Waals surface area contributed by atoms with E-state index in [0.717, 1.165) is 11.3 Å². The second-order valence-corrected chi connectivity index (χ2v) is 4.31. The third kappa shape index (κ3) is 2.88. The van der Waals surface area contributed by atoms with Gasteiger partial charge >= 0.3 is 0 Å². The number of aliphatic hydroxyl groups excluding tert-OH is 2. The van der Waals surface area contributed by atoms with Crippen LogP contribution in [0.4, 0.5) is 0 Å². The Labute approximate surface area is 111 Å². The lowest BCUT2D eigenvalue weighted by Crippen LogP contribution is -2.19. The highest BCUT2D eigenvalue weighted by atomic mass is 35.5. The molecule has 4 heteroatoms. The molecule has 2 atom stereocenters. The fourth-order valence-corrected chi connectivity index (χ4v) is 1.86. The molecule has 0 aliphatic carbocycles. The lowest BCUT2D eigenvalue weighted by molar-refractivity contribution is 0.0327. The largest absolute Gasteiger partial charge is 0.389 e. The van der Waals surface area contributed by atoms with Gasteiger partial charge in [-0.3, -0.25) is 4.98 Å². The molecule has 94 valence electrons. The third-order valence-electron chi connectivity index (χ3n) is 2.74. The molecule has 18 heavy (non-hydrogen) atoms. The van der Waals surface area contributed by atoms with Crippen LogP contribution in [0.5, 0.6) is 0 Å². The fraction of sp³-hybridized carbons (Fsp3) is 0.214. The van der Waals surface area contributed by atoms with Gasteiger partial charge in [0, 0.05) is 11.8 Å². The van der Waals surface area contributed by atoms with Crippen molar-refractivity contribution in [2.45, 2.75) is 12.2 Å². The number of nitrogens with zero attached hydrogens (tertiary/aromatic N) is 1. The Hall–Kier alpha value is -1.42. The number of aromatic nitrogens is 1. The van der Waals surface area contributed by atoms with Crippen molar-refractivity contribution < 1.29 is 10.2 Å². The van der Waals surface area contributed by atoms with Gasteiger partial charge in [-0.15, -0.1) is 11.6 Å². The summed E-state index contributed by atoms with van der Waals surface area (Å²) in [5, 5.41) is 19.3. The molecule has 0 aliphatic rings. The summed E-state index contributed by atoms with van der Waals surface area (Å²) in [5.74, 6) is 0.00313. The molecule has 0 fully saturated rings. The zero-order valence-corrected chi connectivity index (χ0v) is 10.5. The van der Waals surface area contributed by atoms with Crippen LogP contribution in [0.1, 0.15) is 11.7 Å². The van der Waals surface area contributed by atoms with Crippen molar-refractivity contribution in [3.63, 3.8) is 0 Å². The van der Waals surface area contributed by atoms with Crippen LogP contribution >= 0.6 is 11.6 Å². The highest BCUT2D eigenvalue weighted by Crippen LogP contribution is 2.22. The Bertz CT molecular complexity index is 487. The summed E-state index contributed by atoms with van der Waals surface area (Å²) in [6.07, 6.45) is -0.178. The molecule has 0 spiro atoms. The van der Waals surface area contributed by atoms with Gasteiger partial charge < -0.3 is 10.2 Å². The first-order valence-corrected chi connectivity index (χ1v) is 6.19. The molecular formula is C14H14ClNO2. The van der Waals surface area contributed by atoms with Crippen LogP contribution in [0.3, 0.4) is 0 Å². The summed E-state index contributed by atoms with van der Waals surface area (Å²) >= 11 is 5.50. The van der Waals surface area contributed by atoms with Crippen molar-refractivity contribution >= 4 is 11.6 Å². The van der Waals surface area contributed by atoms with Crippen LogP contribution in [0.2, 0.25) is 0 Å². The van der Waals surface area contributed by atoms with Crippen molar-refractivity contribution in [3.8, 4) is 11.3 Å². The zero-order valence-electron chi connectivity index (χ0n) is 9.70. The topological polar surface area (TPSA) is 53.4 Å². The van der Waals surface area contributed by atoms with Gasteiger partial charge in [0.15, 0.2) is 0 Å². The lowest BCUT2D eigenvalue weighted by atomic mass is 10.0. The number of aliphatic hydroxyl groups is 2. The second-order valence-electron chi connectivity index (χ2n) is 4.00. The summed E-state index contributed by atoms with van der Waals surface area (Å²) in [4.78, 5) is 4.24. The van der Waals surface area contributed by atoms with E-state index in [0.29, 0.717) is 5.56 Å². The Morgan fingerprint density at radius 2 is 1.78 bits per heavy atom. The normalized spacial score (nSPS) is 14.2. The van der Waals surface area contributed by atoms with Gasteiger partial charge in [-0.25, -0.2) is 0 Å². The van der Waals surface area contributed by atoms with Crippen molar-refractivity contribution in [2.75, 3.05) is 5.88 Å². The Morgan fingerprint density at radius 3 is 2.33 bits per heavy atom. The van der Waals surface area contributed by atoms with E-state index in [9.17, 15) is 10.2 Å². The smallest absolute Gasteiger partial charge is 0.106 e. The van der Waals surface area contributed by atoms with E-state index in [2.05, 4.69) is 4.98 Å². The van der Waals surface area contributed by atoms with E-state index in [1.807, 2.05) is 30.3 Å². The first-order chi connectivity index (χ1) is 8.72. The molecule has 1 aromatic heterocycles. The first kappa shape index (κ1) is 13.0. The van der Waals surface area contributed by atoms with E-state index in [4.69, 9.17) is 11.6 Å². The van der Waals surface area contributed by atoms with Gasteiger partial charge in [-0.2, -0.15) is 0 Å². The number of pyridine rings is 1. The number of rotatable bonds is 4. The molecule has 0 aliphatic heterocycles. The van der Waals surface area contributed by atoms with Crippen molar-refractivity contribution in [1.82, 2.24) is 4.98 Å². The summed E-state index contributed by atoms with van der Waals surface area (Å²) in [6.45, 7) is 0. The van der Waals surface area contributed by atoms with Crippen LogP contribution < -0.4 is 0 Å². The molecule has 0 saturated heterocycles. The number of alkyl halides is 1. The molecule has 2 aromatic rings. The molecule has 1 aromatic carbocycles. The third-order valence-corrected chi connectivity index (χ3v) is 3.05. The Balaban J connectivity index is 2.20. The highest BCUT2D eigenvalue weighted by molar-refractivity contribution is 6.18. The number of hydrogen-bond donors (Lipinski definition) is 2. The summed E-state index contributed by atoms with van der Waals surface area (Å²) in [7, 11) is 0. The summed E-state index contributed by atoms with van der Waals surface area (Å²) < 4.78 is 0. The maximum absolute atomic E-state index is 9.80. The van der Waals surface area contributed by atoms with Gasteiger partial charge in [0.25, 0.3) is 0 Å². The van der Waals surface area contributed by atoms with E-state index >= 15 is 0 Å². The molecule has 0 radical (unpaired) electrons. The SMILES string of the molecule is OC(CCl)C(O)c1ccc(-c2ccccn2)cc1. The molecule has 0 amide bonds. The average Bonchev–Trinajstić information content (AvgIpc) is 2.47. The van der Waals surface area contributed by atoms with Crippen LogP contribution in [0.25, 0.3) is 11.3 Å². The zero-order chi connectivity index (χ0) is 13.0. The maximum Gasteiger partial charge on any atom is 0.106 e. The fourth-order valence-electron chi connectivity index (χ4n) is 1.69. The van der Waals surface area contributed by atoms with Crippen molar-refractivity contribution in [2.24, 2.45) is 0 Å². The van der Waals surface area contributed by atoms with E-state index in [1.165, 1.54) is 0 Å². The summed E-state index contributed by atoms with van der Waals surface area (Å²) in [5.41, 5.74) is 2.48. The predicted octanol–water partition coefficient (Wildman–Crippen LogP) is 2.38. The average molecular weight is 264 g/mol. The molecule has 2 rings (SSSR count). The molecule has 0 bridgehead atoms. The molecule has 2 unspecified atom stereocenters. The molecule has 2 N–H and O–H groups in total. The summed E-state index contributed by atoms with van der Waals surface area (Å²) in [6, 6.07) is 13.0. The van der Waals surface area contributed by atoms with Gasteiger partial charge in [-0.1, -0.05) is 30.3 Å². The van der Waals surface area contributed by atoms with Crippen LogP contribution in [0.15, 0.2) is 48.7 Å². The minimum absolute atomic E-state index is 0.00313. The Kier molecular flexibility index (Phi) is 4.31. The maximum atomic E-state index is 9.80. The van der Waals surface area contributed by atoms with Crippen molar-refractivity contribution in [1.29, 1.82) is 0 Å². The van der Waals surface area contributed by atoms with Crippen LogP contribution in [0, 0.1) is 0 Å². The van der Waals surface area contributed by atoms with Gasteiger partial charge in [-0.05, 0) is 17.7 Å². The quantitative estimate of drug-likeness (QED) is 0.833. The minimum Gasteiger partial charge on any atom is -0.389 e. The van der Waals surface area contributed by atoms with Gasteiger partial charge in [0.05, 0.1) is 17.7 Å². The molecular weight excluding hydrogens is 250 g/mol. The van der Waals surface area contributed by atoms with Crippen LogP contribution in [-0.2, 0) is 0 Å². The van der Waals surface area contributed by atoms with E-state index in [1.54, 1.807) is 18.3 Å². The molecule has 0 saturated carbocycles. The van der Waals surface area contributed by atoms with Gasteiger partial charge in [0.1, 0.15) is 6.10 Å². The van der Waals surface area contributed by atoms with Crippen LogP contribution in [-0.4, -0.2) is 27.2 Å². The van der Waals surface area contributed by atoms with Gasteiger partial charge in [0.2, 0.25) is 0 Å². The standard InChI is InChI=1S/C14H14ClNO2/c15-9-13(17)14(18)11-6-4-10(5-7-11)12-3-1-2-8-16-12/h1-8,13-14,17-18H,9H2. The Morgan fingerprint density at radius 1 is 1.06 bits per heavy atom. The lowest BCUT2D eigenvalue weighted by Gasteiger charge is -2.15. The van der Waals surface area contributed by atoms with Crippen molar-refractivity contribution in [3.05, 3.63) is 54.2 Å². The number of benzene rings is 1.